The number of hydrogen-bond donors (Lipinski definition) is 1. The van der Waals surface area contributed by atoms with Crippen LogP contribution in [0.4, 0.5) is 0 Å². The van der Waals surface area contributed by atoms with Crippen molar-refractivity contribution in [2.75, 3.05) is 5.75 Å². The topological polar surface area (TPSA) is 71.4 Å². The Morgan fingerprint density at radius 2 is 1.73 bits per heavy atom. The summed E-state index contributed by atoms with van der Waals surface area (Å²) < 4.78 is 32.3. The van der Waals surface area contributed by atoms with Crippen molar-refractivity contribution in [2.45, 2.75) is 59.3 Å². The largest absolute Gasteiger partial charge is 0.299 e. The van der Waals surface area contributed by atoms with E-state index < -0.39 is 21.3 Å². The Hall–Kier alpha value is -0.470. The van der Waals surface area contributed by atoms with E-state index in [2.05, 4.69) is 67.6 Å². The van der Waals surface area contributed by atoms with Crippen molar-refractivity contribution in [3.05, 3.63) is 33.4 Å². The Bertz CT molecular complexity index is 775. The lowest BCUT2D eigenvalue weighted by Gasteiger charge is -2.35. The van der Waals surface area contributed by atoms with Gasteiger partial charge in [-0.25, -0.2) is 0 Å². The minimum Gasteiger partial charge on any atom is -0.299 e. The normalized spacial score (nSPS) is 27.2. The molecule has 1 aromatic rings. The van der Waals surface area contributed by atoms with Crippen molar-refractivity contribution in [1.82, 2.24) is 0 Å². The molecule has 0 spiro atoms. The summed E-state index contributed by atoms with van der Waals surface area (Å²) in [6.07, 6.45) is 1.97. The summed E-state index contributed by atoms with van der Waals surface area (Å²) in [5.41, 5.74) is 0.563. The molecule has 0 aromatic heterocycles. The maximum atomic E-state index is 11.9. The third kappa shape index (κ3) is 4.33. The number of fused-ring (bicyclic) bond motifs is 2. The first-order valence-electron chi connectivity index (χ1n) is 8.93. The van der Waals surface area contributed by atoms with E-state index in [4.69, 9.17) is 4.55 Å². The Morgan fingerprint density at radius 3 is 2.08 bits per heavy atom. The highest BCUT2D eigenvalue weighted by atomic mass is 127. The van der Waals surface area contributed by atoms with Crippen molar-refractivity contribution in [3.8, 4) is 0 Å². The van der Waals surface area contributed by atoms with E-state index in [1.807, 2.05) is 13.8 Å². The van der Waals surface area contributed by atoms with E-state index in [1.54, 1.807) is 0 Å². The summed E-state index contributed by atoms with van der Waals surface area (Å²) in [4.78, 5) is 11.9. The Kier molecular flexibility index (Phi) is 6.02. The van der Waals surface area contributed by atoms with E-state index in [0.717, 1.165) is 6.42 Å². The highest BCUT2D eigenvalue weighted by Crippen LogP contribution is 2.64. The van der Waals surface area contributed by atoms with Gasteiger partial charge in [-0.05, 0) is 69.9 Å². The molecule has 0 heterocycles. The average molecular weight is 492 g/mol. The van der Waals surface area contributed by atoms with Crippen LogP contribution < -0.4 is 0 Å². The number of rotatable bonds is 2. The van der Waals surface area contributed by atoms with E-state index in [0.29, 0.717) is 12.8 Å². The standard InChI is InChI=1S/C10H13I.C10H16O4S/c1-10(2,3)8-4-6-9(11)7-5-8;1-9(2)7-3-4-10(9,8(11)5-7)6-15(12,13)14/h4-7H,1-3H3;7H,3-6H2,1-2H3,(H,12,13,14). The molecule has 2 saturated carbocycles. The minimum absolute atomic E-state index is 0.0152. The fraction of sp³-hybridized carbons (Fsp3) is 0.650. The average Bonchev–Trinajstić information content (AvgIpc) is 2.79. The number of hydrogen-bond acceptors (Lipinski definition) is 3. The first-order valence-corrected chi connectivity index (χ1v) is 11.6. The van der Waals surface area contributed by atoms with Crippen LogP contribution in [0.25, 0.3) is 0 Å². The third-order valence-corrected chi connectivity index (χ3v) is 7.85. The van der Waals surface area contributed by atoms with Crippen molar-refractivity contribution >= 4 is 38.5 Å². The van der Waals surface area contributed by atoms with Crippen LogP contribution in [0, 0.1) is 20.3 Å². The molecule has 2 bridgehead atoms. The molecule has 1 aromatic carbocycles. The molecule has 0 aliphatic heterocycles. The smallest absolute Gasteiger partial charge is 0.265 e. The van der Waals surface area contributed by atoms with Gasteiger partial charge in [-0.3, -0.25) is 9.35 Å². The second kappa shape index (κ2) is 7.17. The zero-order valence-electron chi connectivity index (χ0n) is 16.2. The highest BCUT2D eigenvalue weighted by Gasteiger charge is 2.65. The van der Waals surface area contributed by atoms with E-state index >= 15 is 0 Å². The van der Waals surface area contributed by atoms with E-state index in [1.165, 1.54) is 9.13 Å². The first-order chi connectivity index (χ1) is 11.7. The predicted molar refractivity (Wildman–Crippen MR) is 113 cm³/mol. The summed E-state index contributed by atoms with van der Waals surface area (Å²) in [5.74, 6) is -0.101. The van der Waals surface area contributed by atoms with Crippen molar-refractivity contribution in [1.29, 1.82) is 0 Å². The molecule has 1 N–H and O–H groups in total. The van der Waals surface area contributed by atoms with E-state index in [9.17, 15) is 13.2 Å². The Morgan fingerprint density at radius 1 is 1.19 bits per heavy atom. The summed E-state index contributed by atoms with van der Waals surface area (Å²) in [7, 11) is -4.08. The van der Waals surface area contributed by atoms with Gasteiger partial charge in [0.25, 0.3) is 10.1 Å². The maximum Gasteiger partial charge on any atom is 0.265 e. The van der Waals surface area contributed by atoms with Crippen LogP contribution in [0.3, 0.4) is 0 Å². The number of carbonyl (C=O) groups is 1. The van der Waals surface area contributed by atoms with Crippen LogP contribution in [-0.4, -0.2) is 24.5 Å². The van der Waals surface area contributed by atoms with Gasteiger partial charge in [0.15, 0.2) is 0 Å². The maximum absolute atomic E-state index is 11.9. The van der Waals surface area contributed by atoms with E-state index in [-0.39, 0.29) is 22.5 Å². The molecule has 4 nitrogen and oxygen atoms in total. The molecule has 0 amide bonds. The SMILES string of the molecule is CC(C)(C)c1ccc(I)cc1.CC1(C)C2CCC1(CS(=O)(=O)O)C(=O)C2. The molecule has 2 unspecified atom stereocenters. The van der Waals surface area contributed by atoms with Crippen molar-refractivity contribution in [3.63, 3.8) is 0 Å². The van der Waals surface area contributed by atoms with Crippen molar-refractivity contribution < 1.29 is 17.8 Å². The van der Waals surface area contributed by atoms with Crippen molar-refractivity contribution in [2.24, 2.45) is 16.7 Å². The van der Waals surface area contributed by atoms with Gasteiger partial charge in [-0.1, -0.05) is 46.8 Å². The predicted octanol–water partition coefficient (Wildman–Crippen LogP) is 4.86. The Labute approximate surface area is 171 Å². The quantitative estimate of drug-likeness (QED) is 0.473. The molecule has 2 aliphatic carbocycles. The molecule has 3 rings (SSSR count). The summed E-state index contributed by atoms with van der Waals surface area (Å²) in [6.45, 7) is 10.6. The molecule has 2 atom stereocenters. The van der Waals surface area contributed by atoms with Gasteiger partial charge in [-0.15, -0.1) is 0 Å². The zero-order valence-corrected chi connectivity index (χ0v) is 19.1. The molecule has 2 aliphatic rings. The van der Waals surface area contributed by atoms with Crippen LogP contribution in [0.15, 0.2) is 24.3 Å². The first kappa shape index (κ1) is 21.8. The van der Waals surface area contributed by atoms with Gasteiger partial charge in [-0.2, -0.15) is 8.42 Å². The molecular weight excluding hydrogens is 463 g/mol. The molecule has 0 saturated heterocycles. The lowest BCUT2D eigenvalue weighted by Crippen LogP contribution is -2.42. The van der Waals surface area contributed by atoms with Crippen LogP contribution in [0.5, 0.6) is 0 Å². The van der Waals surface area contributed by atoms with Crippen LogP contribution >= 0.6 is 22.6 Å². The van der Waals surface area contributed by atoms with Gasteiger partial charge in [0, 0.05) is 9.99 Å². The molecule has 6 heteroatoms. The lowest BCUT2D eigenvalue weighted by atomic mass is 9.70. The molecule has 0 radical (unpaired) electrons. The third-order valence-electron chi connectivity index (χ3n) is 6.28. The summed E-state index contributed by atoms with van der Waals surface area (Å²) >= 11 is 2.32. The zero-order chi connectivity index (χ0) is 20.0. The number of carbonyl (C=O) groups excluding carboxylic acids is 1. The Balaban J connectivity index is 0.000000197. The molecule has 146 valence electrons. The number of ketones is 1. The molecule has 2 fully saturated rings. The summed E-state index contributed by atoms with van der Waals surface area (Å²) in [5, 5.41) is 0. The van der Waals surface area contributed by atoms with Gasteiger partial charge in [0.2, 0.25) is 0 Å². The van der Waals surface area contributed by atoms with Crippen LogP contribution in [-0.2, 0) is 20.3 Å². The molecule has 26 heavy (non-hydrogen) atoms. The fourth-order valence-corrected chi connectivity index (χ4v) is 6.03. The second-order valence-electron chi connectivity index (χ2n) is 9.15. The number of benzene rings is 1. The van der Waals surface area contributed by atoms with Crippen LogP contribution in [0.2, 0.25) is 0 Å². The fourth-order valence-electron chi connectivity index (χ4n) is 4.37. The number of Topliss-reactive ketones (excluding diaryl/α,β-unsaturated/α-hetero) is 1. The van der Waals surface area contributed by atoms with Gasteiger partial charge in [0.1, 0.15) is 5.78 Å². The van der Waals surface area contributed by atoms with Gasteiger partial charge in [0.05, 0.1) is 11.2 Å². The second-order valence-corrected chi connectivity index (χ2v) is 11.8. The summed E-state index contributed by atoms with van der Waals surface area (Å²) in [6, 6.07) is 8.70. The monoisotopic (exact) mass is 492 g/mol. The highest BCUT2D eigenvalue weighted by molar-refractivity contribution is 14.1. The lowest BCUT2D eigenvalue weighted by molar-refractivity contribution is -0.128. The van der Waals surface area contributed by atoms with Gasteiger partial charge >= 0.3 is 0 Å². The minimum atomic E-state index is -4.08. The molecular formula is C20H29IO4S. The number of halogens is 1. The van der Waals surface area contributed by atoms with Gasteiger partial charge < -0.3 is 0 Å². The van der Waals surface area contributed by atoms with Crippen LogP contribution in [0.1, 0.15) is 59.4 Å².